The molecule has 0 saturated heterocycles. The van der Waals surface area contributed by atoms with Gasteiger partial charge in [0.05, 0.1) is 0 Å². The Morgan fingerprint density at radius 1 is 1.31 bits per heavy atom. The van der Waals surface area contributed by atoms with Crippen LogP contribution in [-0.4, -0.2) is 43.4 Å². The van der Waals surface area contributed by atoms with Crippen LogP contribution in [0, 0.1) is 0 Å². The maximum absolute atomic E-state index is 10.3. The van der Waals surface area contributed by atoms with Crippen molar-refractivity contribution in [2.45, 2.75) is 19.8 Å². The van der Waals surface area contributed by atoms with E-state index in [0.29, 0.717) is 0 Å². The van der Waals surface area contributed by atoms with Crippen molar-refractivity contribution in [1.29, 1.82) is 0 Å². The zero-order valence-electron chi connectivity index (χ0n) is 10.5. The molecule has 0 aromatic heterocycles. The van der Waals surface area contributed by atoms with Gasteiger partial charge in [0.25, 0.3) is 0 Å². The maximum atomic E-state index is 10.3. The monoisotopic (exact) mass is 225 g/mol. The Balaban J connectivity index is 4.27. The van der Waals surface area contributed by atoms with E-state index in [1.165, 1.54) is 6.08 Å². The zero-order chi connectivity index (χ0) is 12.4. The van der Waals surface area contributed by atoms with Gasteiger partial charge in [0, 0.05) is 33.4 Å². The van der Waals surface area contributed by atoms with Gasteiger partial charge in [-0.25, -0.2) is 5.01 Å². The number of nitrogens with two attached hydrogens (primary N) is 1. The molecule has 2 N–H and O–H groups in total. The molecule has 0 fully saturated rings. The molecule has 0 saturated carbocycles. The number of hydrogen-bond acceptors (Lipinski definition) is 4. The predicted octanol–water partition coefficient (Wildman–Crippen LogP) is 1.16. The molecule has 92 valence electrons. The molecule has 0 aromatic carbocycles. The van der Waals surface area contributed by atoms with Crippen LogP contribution in [0.3, 0.4) is 0 Å². The highest BCUT2D eigenvalue weighted by Gasteiger charge is 1.97. The predicted molar refractivity (Wildman–Crippen MR) is 67.6 cm³/mol. The van der Waals surface area contributed by atoms with Gasteiger partial charge < -0.3 is 4.90 Å². The van der Waals surface area contributed by atoms with Crippen molar-refractivity contribution in [3.05, 3.63) is 23.9 Å². The number of rotatable bonds is 8. The van der Waals surface area contributed by atoms with Gasteiger partial charge in [-0.3, -0.25) is 10.6 Å². The second-order valence-corrected chi connectivity index (χ2v) is 3.91. The number of hydrazine groups is 1. The van der Waals surface area contributed by atoms with Gasteiger partial charge in [0.2, 0.25) is 0 Å². The molecule has 0 unspecified atom stereocenters. The summed E-state index contributed by atoms with van der Waals surface area (Å²) >= 11 is 0. The SMILES string of the molecule is CCCC(/C=C\C=O)=C/N(C)CCN(C)N. The molecule has 0 aliphatic carbocycles. The lowest BCUT2D eigenvalue weighted by Gasteiger charge is -2.18. The van der Waals surface area contributed by atoms with Crippen molar-refractivity contribution in [3.8, 4) is 0 Å². The third-order valence-corrected chi connectivity index (χ3v) is 2.12. The third kappa shape index (κ3) is 8.20. The van der Waals surface area contributed by atoms with Gasteiger partial charge >= 0.3 is 0 Å². The molecule has 0 heterocycles. The fraction of sp³-hybridized carbons (Fsp3) is 0.583. The summed E-state index contributed by atoms with van der Waals surface area (Å²) in [6.07, 6.45) is 8.31. The summed E-state index contributed by atoms with van der Waals surface area (Å²) in [6.45, 7) is 3.80. The summed E-state index contributed by atoms with van der Waals surface area (Å²) in [7, 11) is 3.85. The van der Waals surface area contributed by atoms with Gasteiger partial charge in [-0.1, -0.05) is 19.4 Å². The first kappa shape index (κ1) is 14.9. The van der Waals surface area contributed by atoms with Crippen LogP contribution in [0.5, 0.6) is 0 Å². The number of likely N-dealkylation sites (N-methyl/N-ethyl adjacent to an activating group) is 2. The van der Waals surface area contributed by atoms with Gasteiger partial charge in [-0.2, -0.15) is 0 Å². The van der Waals surface area contributed by atoms with Gasteiger partial charge in [-0.15, -0.1) is 0 Å². The first-order valence-electron chi connectivity index (χ1n) is 5.58. The Bertz CT molecular complexity index is 247. The van der Waals surface area contributed by atoms with Crippen LogP contribution in [0.25, 0.3) is 0 Å². The van der Waals surface area contributed by atoms with E-state index in [0.717, 1.165) is 37.8 Å². The van der Waals surface area contributed by atoms with Crippen LogP contribution in [0.4, 0.5) is 0 Å². The van der Waals surface area contributed by atoms with Gasteiger partial charge in [-0.05, 0) is 18.1 Å². The summed E-state index contributed by atoms with van der Waals surface area (Å²) in [5.74, 6) is 5.54. The van der Waals surface area contributed by atoms with E-state index in [9.17, 15) is 4.79 Å². The summed E-state index contributed by atoms with van der Waals surface area (Å²) < 4.78 is 0. The molecule has 0 spiro atoms. The second kappa shape index (κ2) is 9.12. The van der Waals surface area contributed by atoms with E-state index in [1.807, 2.05) is 20.2 Å². The van der Waals surface area contributed by atoms with E-state index in [1.54, 1.807) is 5.01 Å². The lowest BCUT2D eigenvalue weighted by Crippen LogP contribution is -2.33. The minimum Gasteiger partial charge on any atom is -0.379 e. The highest BCUT2D eigenvalue weighted by molar-refractivity contribution is 5.65. The first-order chi connectivity index (χ1) is 7.60. The lowest BCUT2D eigenvalue weighted by atomic mass is 10.1. The van der Waals surface area contributed by atoms with E-state index in [-0.39, 0.29) is 0 Å². The van der Waals surface area contributed by atoms with Crippen molar-refractivity contribution in [1.82, 2.24) is 9.91 Å². The molecule has 0 aliphatic rings. The summed E-state index contributed by atoms with van der Waals surface area (Å²) in [4.78, 5) is 12.4. The number of allylic oxidation sites excluding steroid dienone is 3. The maximum Gasteiger partial charge on any atom is 0.142 e. The van der Waals surface area contributed by atoms with E-state index in [2.05, 4.69) is 18.0 Å². The molecular weight excluding hydrogens is 202 g/mol. The van der Waals surface area contributed by atoms with E-state index in [4.69, 9.17) is 5.84 Å². The van der Waals surface area contributed by atoms with Crippen LogP contribution >= 0.6 is 0 Å². The molecular formula is C12H23N3O. The molecule has 0 radical (unpaired) electrons. The molecule has 4 nitrogen and oxygen atoms in total. The molecule has 0 aromatic rings. The number of carbonyl (C=O) groups excluding carboxylic acids is 1. The average molecular weight is 225 g/mol. The van der Waals surface area contributed by atoms with E-state index < -0.39 is 0 Å². The topological polar surface area (TPSA) is 49.6 Å². The standard InChI is InChI=1S/C12H23N3O/c1-4-6-12(7-5-10-16)11-14(2)8-9-15(3)13/h5,7,10-11H,4,6,8-9,13H2,1-3H3/b7-5-,12-11-. The molecule has 0 rings (SSSR count). The fourth-order valence-electron chi connectivity index (χ4n) is 1.31. The minimum atomic E-state index is 0.803. The van der Waals surface area contributed by atoms with Crippen LogP contribution in [0.2, 0.25) is 0 Å². The normalized spacial score (nSPS) is 12.4. The number of nitrogens with zero attached hydrogens (tertiary/aromatic N) is 2. The smallest absolute Gasteiger partial charge is 0.142 e. The molecule has 16 heavy (non-hydrogen) atoms. The van der Waals surface area contributed by atoms with Crippen molar-refractivity contribution >= 4 is 6.29 Å². The van der Waals surface area contributed by atoms with Crippen LogP contribution in [-0.2, 0) is 4.79 Å². The highest BCUT2D eigenvalue weighted by atomic mass is 16.1. The van der Waals surface area contributed by atoms with E-state index >= 15 is 0 Å². The Hall–Kier alpha value is -1.13. The molecule has 0 bridgehead atoms. The van der Waals surface area contributed by atoms with Crippen molar-refractivity contribution in [2.75, 3.05) is 27.2 Å². The quantitative estimate of drug-likeness (QED) is 0.221. The Morgan fingerprint density at radius 2 is 2.00 bits per heavy atom. The molecule has 0 aliphatic heterocycles. The molecule has 4 heteroatoms. The lowest BCUT2D eigenvalue weighted by molar-refractivity contribution is -0.104. The van der Waals surface area contributed by atoms with Crippen molar-refractivity contribution in [3.63, 3.8) is 0 Å². The Labute approximate surface area is 98.4 Å². The number of hydrogen-bond donors (Lipinski definition) is 1. The van der Waals surface area contributed by atoms with Crippen molar-refractivity contribution in [2.24, 2.45) is 5.84 Å². The third-order valence-electron chi connectivity index (χ3n) is 2.12. The summed E-state index contributed by atoms with van der Waals surface area (Å²) in [5.41, 5.74) is 1.16. The summed E-state index contributed by atoms with van der Waals surface area (Å²) in [5, 5.41) is 1.66. The second-order valence-electron chi connectivity index (χ2n) is 3.91. The largest absolute Gasteiger partial charge is 0.379 e. The Morgan fingerprint density at radius 3 is 2.50 bits per heavy atom. The van der Waals surface area contributed by atoms with Crippen molar-refractivity contribution < 1.29 is 4.79 Å². The number of carbonyl (C=O) groups is 1. The first-order valence-corrected chi connectivity index (χ1v) is 5.58. The zero-order valence-corrected chi connectivity index (χ0v) is 10.5. The molecule has 0 amide bonds. The fourth-order valence-corrected chi connectivity index (χ4v) is 1.31. The van der Waals surface area contributed by atoms with Crippen LogP contribution < -0.4 is 5.84 Å². The molecule has 0 atom stereocenters. The number of aldehydes is 1. The Kier molecular flexibility index (Phi) is 8.48. The summed E-state index contributed by atoms with van der Waals surface area (Å²) in [6, 6.07) is 0. The van der Waals surface area contributed by atoms with Gasteiger partial charge in [0.1, 0.15) is 6.29 Å². The van der Waals surface area contributed by atoms with Crippen LogP contribution in [0.15, 0.2) is 23.9 Å². The highest BCUT2D eigenvalue weighted by Crippen LogP contribution is 2.07. The average Bonchev–Trinajstić information content (AvgIpc) is 2.23. The van der Waals surface area contributed by atoms with Crippen LogP contribution in [0.1, 0.15) is 19.8 Å². The van der Waals surface area contributed by atoms with Gasteiger partial charge in [0.15, 0.2) is 0 Å². The minimum absolute atomic E-state index is 0.803.